The van der Waals surface area contributed by atoms with Crippen LogP contribution in [-0.4, -0.2) is 49.3 Å². The van der Waals surface area contributed by atoms with Crippen molar-refractivity contribution in [3.63, 3.8) is 0 Å². The molecule has 1 heterocycles. The Balaban J connectivity index is 2.27. The van der Waals surface area contributed by atoms with Gasteiger partial charge in [-0.25, -0.2) is 4.79 Å². The van der Waals surface area contributed by atoms with E-state index >= 15 is 0 Å². The lowest BCUT2D eigenvalue weighted by molar-refractivity contribution is -0.124. The van der Waals surface area contributed by atoms with Gasteiger partial charge in [-0.1, -0.05) is 0 Å². The third-order valence-corrected chi connectivity index (χ3v) is 3.95. The van der Waals surface area contributed by atoms with Gasteiger partial charge in [-0.05, 0) is 41.1 Å². The van der Waals surface area contributed by atoms with Gasteiger partial charge in [0.15, 0.2) is 0 Å². The second-order valence-electron chi connectivity index (χ2n) is 4.65. The molecule has 7 heteroatoms. The molecule has 21 heavy (non-hydrogen) atoms. The van der Waals surface area contributed by atoms with Gasteiger partial charge in [0.1, 0.15) is 6.04 Å². The number of aromatic carboxylic acids is 1. The van der Waals surface area contributed by atoms with Crippen molar-refractivity contribution >= 4 is 33.5 Å². The van der Waals surface area contributed by atoms with Crippen LogP contribution in [-0.2, 0) is 9.53 Å². The van der Waals surface area contributed by atoms with E-state index in [0.717, 1.165) is 5.69 Å². The number of carbonyl (C=O) groups is 2. The average molecular weight is 357 g/mol. The molecule has 1 fully saturated rings. The summed E-state index contributed by atoms with van der Waals surface area (Å²) >= 11 is 3.26. The molecular weight excluding hydrogens is 340 g/mol. The van der Waals surface area contributed by atoms with Gasteiger partial charge in [-0.3, -0.25) is 4.79 Å². The van der Waals surface area contributed by atoms with Gasteiger partial charge in [-0.15, -0.1) is 0 Å². The molecular formula is C14H17BrN2O4. The number of ether oxygens (including phenoxy) is 1. The van der Waals surface area contributed by atoms with Crippen LogP contribution in [0, 0.1) is 0 Å². The number of carbonyl (C=O) groups excluding carboxylic acids is 1. The fourth-order valence-corrected chi connectivity index (χ4v) is 2.81. The maximum absolute atomic E-state index is 12.1. The van der Waals surface area contributed by atoms with E-state index in [2.05, 4.69) is 21.2 Å². The van der Waals surface area contributed by atoms with Crippen LogP contribution in [0.4, 0.5) is 5.69 Å². The first-order valence-corrected chi connectivity index (χ1v) is 7.48. The normalized spacial score (nSPS) is 18.4. The molecule has 2 N–H and O–H groups in total. The van der Waals surface area contributed by atoms with Crippen molar-refractivity contribution in [1.82, 2.24) is 5.32 Å². The number of halogens is 1. The van der Waals surface area contributed by atoms with Crippen LogP contribution in [0.3, 0.4) is 0 Å². The van der Waals surface area contributed by atoms with Crippen molar-refractivity contribution in [2.45, 2.75) is 13.0 Å². The van der Waals surface area contributed by atoms with E-state index in [9.17, 15) is 9.59 Å². The second-order valence-corrected chi connectivity index (χ2v) is 5.50. The summed E-state index contributed by atoms with van der Waals surface area (Å²) in [6, 6.07) is 4.57. The third kappa shape index (κ3) is 3.54. The SMILES string of the molecule is CCNC(=O)C1COCCN1c1ccc(C(=O)O)c(Br)c1. The highest BCUT2D eigenvalue weighted by atomic mass is 79.9. The number of carboxylic acids is 1. The van der Waals surface area contributed by atoms with E-state index in [1.54, 1.807) is 12.1 Å². The molecule has 1 aromatic carbocycles. The van der Waals surface area contributed by atoms with E-state index in [0.29, 0.717) is 30.8 Å². The topological polar surface area (TPSA) is 78.9 Å². The first kappa shape index (κ1) is 15.8. The van der Waals surface area contributed by atoms with E-state index in [4.69, 9.17) is 9.84 Å². The molecule has 1 aliphatic rings. The zero-order valence-corrected chi connectivity index (χ0v) is 13.2. The summed E-state index contributed by atoms with van der Waals surface area (Å²) in [7, 11) is 0. The molecule has 1 aromatic rings. The summed E-state index contributed by atoms with van der Waals surface area (Å²) in [5.41, 5.74) is 0.994. The third-order valence-electron chi connectivity index (χ3n) is 3.30. The van der Waals surface area contributed by atoms with Crippen molar-refractivity contribution in [3.8, 4) is 0 Å². The highest BCUT2D eigenvalue weighted by Gasteiger charge is 2.29. The molecule has 0 saturated carbocycles. The molecule has 0 spiro atoms. The number of hydrogen-bond donors (Lipinski definition) is 2. The molecule has 0 radical (unpaired) electrons. The van der Waals surface area contributed by atoms with Crippen molar-refractivity contribution in [3.05, 3.63) is 28.2 Å². The minimum Gasteiger partial charge on any atom is -0.478 e. The van der Waals surface area contributed by atoms with Crippen LogP contribution in [0.5, 0.6) is 0 Å². The molecule has 1 aliphatic heterocycles. The summed E-state index contributed by atoms with van der Waals surface area (Å²) in [5, 5.41) is 11.8. The summed E-state index contributed by atoms with van der Waals surface area (Å²) in [6.07, 6.45) is 0. The maximum atomic E-state index is 12.1. The molecule has 1 saturated heterocycles. The highest BCUT2D eigenvalue weighted by Crippen LogP contribution is 2.26. The number of anilines is 1. The van der Waals surface area contributed by atoms with Crippen molar-refractivity contribution in [2.24, 2.45) is 0 Å². The summed E-state index contributed by atoms with van der Waals surface area (Å²) < 4.78 is 5.88. The Morgan fingerprint density at radius 1 is 1.52 bits per heavy atom. The molecule has 114 valence electrons. The molecule has 1 atom stereocenters. The van der Waals surface area contributed by atoms with Crippen LogP contribution in [0.2, 0.25) is 0 Å². The maximum Gasteiger partial charge on any atom is 0.336 e. The summed E-state index contributed by atoms with van der Waals surface area (Å²) in [5.74, 6) is -1.08. The largest absolute Gasteiger partial charge is 0.478 e. The molecule has 0 aromatic heterocycles. The standard InChI is InChI=1S/C14H17BrN2O4/c1-2-16-13(18)12-8-21-6-5-17(12)9-3-4-10(14(19)20)11(15)7-9/h3-4,7,12H,2,5-6,8H2,1H3,(H,16,18)(H,19,20). The molecule has 1 amide bonds. The second kappa shape index (κ2) is 6.91. The lowest BCUT2D eigenvalue weighted by Crippen LogP contribution is -2.54. The summed E-state index contributed by atoms with van der Waals surface area (Å²) in [6.45, 7) is 3.87. The van der Waals surface area contributed by atoms with Crippen LogP contribution >= 0.6 is 15.9 Å². The molecule has 6 nitrogen and oxygen atoms in total. The van der Waals surface area contributed by atoms with E-state index < -0.39 is 12.0 Å². The number of benzene rings is 1. The van der Waals surface area contributed by atoms with Crippen molar-refractivity contribution in [2.75, 3.05) is 31.2 Å². The smallest absolute Gasteiger partial charge is 0.336 e. The highest BCUT2D eigenvalue weighted by molar-refractivity contribution is 9.10. The quantitative estimate of drug-likeness (QED) is 0.854. The van der Waals surface area contributed by atoms with Gasteiger partial charge in [0.25, 0.3) is 0 Å². The Kier molecular flexibility index (Phi) is 5.19. The number of carboxylic acid groups (broad SMARTS) is 1. The number of rotatable bonds is 4. The first-order valence-electron chi connectivity index (χ1n) is 6.69. The molecule has 2 rings (SSSR count). The lowest BCUT2D eigenvalue weighted by Gasteiger charge is -2.36. The van der Waals surface area contributed by atoms with E-state index in [1.165, 1.54) is 6.07 Å². The minimum atomic E-state index is -0.990. The Hall–Kier alpha value is -1.60. The van der Waals surface area contributed by atoms with Gasteiger partial charge in [0.05, 0.1) is 18.8 Å². The van der Waals surface area contributed by atoms with Crippen molar-refractivity contribution in [1.29, 1.82) is 0 Å². The predicted octanol–water partition coefficient (Wildman–Crippen LogP) is 1.49. The Bertz CT molecular complexity index is 550. The number of morpholine rings is 1. The van der Waals surface area contributed by atoms with Gasteiger partial charge in [-0.2, -0.15) is 0 Å². The minimum absolute atomic E-state index is 0.0874. The lowest BCUT2D eigenvalue weighted by atomic mass is 10.1. The number of likely N-dealkylation sites (N-methyl/N-ethyl adjacent to an activating group) is 1. The number of amides is 1. The number of hydrogen-bond acceptors (Lipinski definition) is 4. The predicted molar refractivity (Wildman–Crippen MR) is 81.7 cm³/mol. The van der Waals surface area contributed by atoms with Gasteiger partial charge in [0.2, 0.25) is 5.91 Å². The number of nitrogens with one attached hydrogen (secondary N) is 1. The average Bonchev–Trinajstić information content (AvgIpc) is 2.47. The first-order chi connectivity index (χ1) is 10.0. The fourth-order valence-electron chi connectivity index (χ4n) is 2.28. The summed E-state index contributed by atoms with van der Waals surface area (Å²) in [4.78, 5) is 25.1. The van der Waals surface area contributed by atoms with Crippen LogP contribution in [0.15, 0.2) is 22.7 Å². The van der Waals surface area contributed by atoms with Crippen molar-refractivity contribution < 1.29 is 19.4 Å². The Labute approximate surface area is 131 Å². The monoisotopic (exact) mass is 356 g/mol. The fraction of sp³-hybridized carbons (Fsp3) is 0.429. The zero-order chi connectivity index (χ0) is 15.4. The Morgan fingerprint density at radius 3 is 2.90 bits per heavy atom. The van der Waals surface area contributed by atoms with Crippen LogP contribution in [0.1, 0.15) is 17.3 Å². The van der Waals surface area contributed by atoms with Gasteiger partial charge >= 0.3 is 5.97 Å². The molecule has 1 unspecified atom stereocenters. The van der Waals surface area contributed by atoms with Gasteiger partial charge < -0.3 is 20.1 Å². The molecule has 0 aliphatic carbocycles. The van der Waals surface area contributed by atoms with Gasteiger partial charge in [0, 0.05) is 23.2 Å². The molecule has 0 bridgehead atoms. The Morgan fingerprint density at radius 2 is 2.29 bits per heavy atom. The van der Waals surface area contributed by atoms with E-state index in [-0.39, 0.29) is 11.5 Å². The number of nitrogens with zero attached hydrogens (tertiary/aromatic N) is 1. The van der Waals surface area contributed by atoms with E-state index in [1.807, 2.05) is 11.8 Å². The zero-order valence-electron chi connectivity index (χ0n) is 11.6. The van der Waals surface area contributed by atoms with Crippen LogP contribution in [0.25, 0.3) is 0 Å². The van der Waals surface area contributed by atoms with Crippen LogP contribution < -0.4 is 10.2 Å².